The molecule has 0 saturated heterocycles. The van der Waals surface area contributed by atoms with E-state index >= 15 is 0 Å². The highest BCUT2D eigenvalue weighted by Gasteiger charge is 2.08. The van der Waals surface area contributed by atoms with Crippen LogP contribution in [0.15, 0.2) is 42.5 Å². The lowest BCUT2D eigenvalue weighted by Crippen LogP contribution is -2.11. The van der Waals surface area contributed by atoms with Gasteiger partial charge in [0.25, 0.3) is 5.91 Å². The number of benzene rings is 2. The minimum Gasteiger partial charge on any atom is -0.322 e. The van der Waals surface area contributed by atoms with E-state index in [0.717, 1.165) is 11.3 Å². The molecule has 0 aliphatic heterocycles. The molecule has 0 aromatic heterocycles. The number of aryl methyl sites for hydroxylation is 1. The van der Waals surface area contributed by atoms with Gasteiger partial charge in [-0.05, 0) is 42.8 Å². The Kier molecular flexibility index (Phi) is 3.90. The second-order valence-electron chi connectivity index (χ2n) is 3.95. The molecule has 0 bridgehead atoms. The summed E-state index contributed by atoms with van der Waals surface area (Å²) < 4.78 is 0. The van der Waals surface area contributed by atoms with Gasteiger partial charge in [0, 0.05) is 11.3 Å². The Hall–Kier alpha value is -1.51. The van der Waals surface area contributed by atoms with Gasteiger partial charge in [-0.1, -0.05) is 35.3 Å². The molecule has 2 aromatic rings. The van der Waals surface area contributed by atoms with E-state index in [9.17, 15) is 4.79 Å². The normalized spacial score (nSPS) is 10.2. The second-order valence-corrected chi connectivity index (χ2v) is 4.77. The molecule has 0 radical (unpaired) electrons. The zero-order valence-electron chi connectivity index (χ0n) is 9.71. The maximum atomic E-state index is 12.0. The van der Waals surface area contributed by atoms with Crippen molar-refractivity contribution in [3.63, 3.8) is 0 Å². The highest BCUT2D eigenvalue weighted by molar-refractivity contribution is 6.42. The zero-order valence-corrected chi connectivity index (χ0v) is 11.2. The summed E-state index contributed by atoms with van der Waals surface area (Å²) in [7, 11) is 0. The van der Waals surface area contributed by atoms with Gasteiger partial charge in [-0.2, -0.15) is 0 Å². The van der Waals surface area contributed by atoms with Crippen LogP contribution in [0.1, 0.15) is 15.9 Å². The molecular formula is C14H11Cl2NO. The van der Waals surface area contributed by atoms with Gasteiger partial charge >= 0.3 is 0 Å². The van der Waals surface area contributed by atoms with Crippen LogP contribution in [-0.2, 0) is 0 Å². The Bertz CT molecular complexity index is 596. The van der Waals surface area contributed by atoms with E-state index in [0.29, 0.717) is 15.6 Å². The minimum absolute atomic E-state index is 0.209. The molecule has 0 aliphatic carbocycles. The largest absolute Gasteiger partial charge is 0.322 e. The minimum atomic E-state index is -0.209. The van der Waals surface area contributed by atoms with Gasteiger partial charge in [-0.3, -0.25) is 4.79 Å². The van der Waals surface area contributed by atoms with E-state index in [4.69, 9.17) is 23.2 Å². The van der Waals surface area contributed by atoms with Crippen molar-refractivity contribution in [1.29, 1.82) is 0 Å². The highest BCUT2D eigenvalue weighted by atomic mass is 35.5. The van der Waals surface area contributed by atoms with Gasteiger partial charge in [-0.15, -0.1) is 0 Å². The van der Waals surface area contributed by atoms with Crippen molar-refractivity contribution in [3.05, 3.63) is 63.6 Å². The Morgan fingerprint density at radius 2 is 1.83 bits per heavy atom. The van der Waals surface area contributed by atoms with Gasteiger partial charge in [0.15, 0.2) is 0 Å². The Balaban J connectivity index is 2.19. The van der Waals surface area contributed by atoms with E-state index in [2.05, 4.69) is 5.32 Å². The molecule has 2 nitrogen and oxygen atoms in total. The maximum Gasteiger partial charge on any atom is 0.255 e. The predicted molar refractivity (Wildman–Crippen MR) is 75.6 cm³/mol. The second kappa shape index (κ2) is 5.42. The summed E-state index contributed by atoms with van der Waals surface area (Å²) in [4.78, 5) is 12.0. The maximum absolute atomic E-state index is 12.0. The molecule has 0 spiro atoms. The first-order chi connectivity index (χ1) is 8.56. The lowest BCUT2D eigenvalue weighted by Gasteiger charge is -2.06. The molecular weight excluding hydrogens is 269 g/mol. The summed E-state index contributed by atoms with van der Waals surface area (Å²) >= 11 is 11.7. The fourth-order valence-electron chi connectivity index (χ4n) is 1.56. The quantitative estimate of drug-likeness (QED) is 0.858. The summed E-state index contributed by atoms with van der Waals surface area (Å²) in [5, 5.41) is 3.61. The number of amides is 1. The summed E-state index contributed by atoms with van der Waals surface area (Å²) in [6, 6.07) is 12.4. The van der Waals surface area contributed by atoms with Crippen molar-refractivity contribution in [2.45, 2.75) is 6.92 Å². The number of rotatable bonds is 2. The van der Waals surface area contributed by atoms with Crippen molar-refractivity contribution in [3.8, 4) is 0 Å². The molecule has 0 fully saturated rings. The first-order valence-corrected chi connectivity index (χ1v) is 6.15. The molecule has 0 saturated carbocycles. The monoisotopic (exact) mass is 279 g/mol. The van der Waals surface area contributed by atoms with Gasteiger partial charge < -0.3 is 5.32 Å². The molecule has 4 heteroatoms. The first-order valence-electron chi connectivity index (χ1n) is 5.39. The number of hydrogen-bond acceptors (Lipinski definition) is 1. The SMILES string of the molecule is Cc1cccc(NC(=O)c2ccc(Cl)c(Cl)c2)c1. The van der Waals surface area contributed by atoms with Crippen molar-refractivity contribution in [2.24, 2.45) is 0 Å². The number of nitrogens with one attached hydrogen (secondary N) is 1. The molecule has 18 heavy (non-hydrogen) atoms. The van der Waals surface area contributed by atoms with Crippen molar-refractivity contribution >= 4 is 34.8 Å². The van der Waals surface area contributed by atoms with Gasteiger partial charge in [0.1, 0.15) is 0 Å². The standard InChI is InChI=1S/C14H11Cl2NO/c1-9-3-2-4-11(7-9)17-14(18)10-5-6-12(15)13(16)8-10/h2-8H,1H3,(H,17,18). The molecule has 0 heterocycles. The fourth-order valence-corrected chi connectivity index (χ4v) is 1.86. The molecule has 1 amide bonds. The topological polar surface area (TPSA) is 29.1 Å². The molecule has 0 unspecified atom stereocenters. The summed E-state index contributed by atoms with van der Waals surface area (Å²) in [6.45, 7) is 1.97. The highest BCUT2D eigenvalue weighted by Crippen LogP contribution is 2.23. The number of hydrogen-bond donors (Lipinski definition) is 1. The molecule has 92 valence electrons. The van der Waals surface area contributed by atoms with Crippen molar-refractivity contribution in [2.75, 3.05) is 5.32 Å². The lowest BCUT2D eigenvalue weighted by molar-refractivity contribution is 0.102. The zero-order chi connectivity index (χ0) is 13.1. The number of carbonyl (C=O) groups excluding carboxylic acids is 1. The number of carbonyl (C=O) groups is 1. The predicted octanol–water partition coefficient (Wildman–Crippen LogP) is 4.55. The van der Waals surface area contributed by atoms with E-state index in [-0.39, 0.29) is 5.91 Å². The van der Waals surface area contributed by atoms with Crippen LogP contribution in [0.2, 0.25) is 10.0 Å². The smallest absolute Gasteiger partial charge is 0.255 e. The number of halogens is 2. The third-order valence-corrected chi connectivity index (χ3v) is 3.20. The van der Waals surface area contributed by atoms with Crippen LogP contribution < -0.4 is 5.32 Å². The summed E-state index contributed by atoms with van der Waals surface area (Å²) in [6.07, 6.45) is 0. The summed E-state index contributed by atoms with van der Waals surface area (Å²) in [5.41, 5.74) is 2.32. The van der Waals surface area contributed by atoms with Crippen molar-refractivity contribution < 1.29 is 4.79 Å². The number of anilines is 1. The summed E-state index contributed by atoms with van der Waals surface area (Å²) in [5.74, 6) is -0.209. The first kappa shape index (κ1) is 12.9. The molecule has 1 N–H and O–H groups in total. The van der Waals surface area contributed by atoms with Crippen LogP contribution in [-0.4, -0.2) is 5.91 Å². The van der Waals surface area contributed by atoms with Crippen LogP contribution in [0.25, 0.3) is 0 Å². The van der Waals surface area contributed by atoms with E-state index < -0.39 is 0 Å². The van der Waals surface area contributed by atoms with Gasteiger partial charge in [-0.25, -0.2) is 0 Å². The fraction of sp³-hybridized carbons (Fsp3) is 0.0714. The Morgan fingerprint density at radius 3 is 2.50 bits per heavy atom. The van der Waals surface area contributed by atoms with E-state index in [1.54, 1.807) is 18.2 Å². The van der Waals surface area contributed by atoms with E-state index in [1.807, 2.05) is 31.2 Å². The third-order valence-electron chi connectivity index (χ3n) is 2.46. The average Bonchev–Trinajstić information content (AvgIpc) is 2.32. The van der Waals surface area contributed by atoms with Crippen LogP contribution in [0, 0.1) is 6.92 Å². The van der Waals surface area contributed by atoms with Gasteiger partial charge in [0.05, 0.1) is 10.0 Å². The Morgan fingerprint density at radius 1 is 1.06 bits per heavy atom. The Labute approximate surface area is 116 Å². The van der Waals surface area contributed by atoms with Crippen LogP contribution in [0.5, 0.6) is 0 Å². The van der Waals surface area contributed by atoms with Crippen LogP contribution in [0.4, 0.5) is 5.69 Å². The average molecular weight is 280 g/mol. The molecule has 0 atom stereocenters. The molecule has 2 aromatic carbocycles. The van der Waals surface area contributed by atoms with Gasteiger partial charge in [0.2, 0.25) is 0 Å². The third kappa shape index (κ3) is 3.03. The lowest BCUT2D eigenvalue weighted by atomic mass is 10.2. The molecule has 0 aliphatic rings. The van der Waals surface area contributed by atoms with Crippen molar-refractivity contribution in [1.82, 2.24) is 0 Å². The van der Waals surface area contributed by atoms with Crippen LogP contribution >= 0.6 is 23.2 Å². The van der Waals surface area contributed by atoms with E-state index in [1.165, 1.54) is 0 Å². The molecule has 2 rings (SSSR count). The van der Waals surface area contributed by atoms with Crippen LogP contribution in [0.3, 0.4) is 0 Å².